The number of nitrogens with one attached hydrogen (secondary N) is 1. The number of nitrogens with zero attached hydrogens (tertiary/aromatic N) is 1. The molecule has 0 bridgehead atoms. The molecular formula is C9H12N2O3S. The van der Waals surface area contributed by atoms with Crippen LogP contribution in [0.4, 0.5) is 0 Å². The number of rotatable bonds is 4. The molecule has 1 fully saturated rings. The summed E-state index contributed by atoms with van der Waals surface area (Å²) in [7, 11) is 0. The molecule has 0 spiro atoms. The third-order valence-electron chi connectivity index (χ3n) is 2.27. The third-order valence-corrected chi connectivity index (χ3v) is 3.44. The zero-order chi connectivity index (χ0) is 10.7. The van der Waals surface area contributed by atoms with Gasteiger partial charge in [0.05, 0.1) is 6.54 Å². The van der Waals surface area contributed by atoms with Crippen molar-refractivity contribution in [2.24, 2.45) is 0 Å². The number of aromatic carboxylic acids is 1. The lowest BCUT2D eigenvalue weighted by Gasteiger charge is -2.07. The average molecular weight is 228 g/mol. The van der Waals surface area contributed by atoms with Crippen molar-refractivity contribution in [3.05, 3.63) is 17.5 Å². The van der Waals surface area contributed by atoms with Crippen LogP contribution in [0.5, 0.6) is 0 Å². The Bertz CT molecular complexity index is 347. The molecule has 0 saturated carbocycles. The number of aromatic nitrogens is 1. The summed E-state index contributed by atoms with van der Waals surface area (Å²) in [5, 5.41) is 15.4. The van der Waals surface area contributed by atoms with Gasteiger partial charge in [-0.05, 0) is 12.2 Å². The first-order valence-electron chi connectivity index (χ1n) is 4.76. The maximum Gasteiger partial charge on any atom is 0.358 e. The lowest BCUT2D eigenvalue weighted by Crippen LogP contribution is -2.27. The van der Waals surface area contributed by atoms with E-state index in [1.54, 1.807) is 0 Å². The SMILES string of the molecule is O=C(O)c1cc(CNC2CCSC2)on1. The first-order chi connectivity index (χ1) is 7.25. The number of hydrogen-bond acceptors (Lipinski definition) is 5. The van der Waals surface area contributed by atoms with Crippen molar-refractivity contribution >= 4 is 17.7 Å². The van der Waals surface area contributed by atoms with Crippen LogP contribution in [-0.2, 0) is 6.54 Å². The van der Waals surface area contributed by atoms with E-state index < -0.39 is 5.97 Å². The van der Waals surface area contributed by atoms with Crippen LogP contribution in [0.25, 0.3) is 0 Å². The molecule has 0 amide bonds. The molecular weight excluding hydrogens is 216 g/mol. The second-order valence-corrected chi connectivity index (χ2v) is 4.57. The summed E-state index contributed by atoms with van der Waals surface area (Å²) in [4.78, 5) is 10.5. The normalized spacial score (nSPS) is 20.7. The Hall–Kier alpha value is -1.01. The predicted octanol–water partition coefficient (Wildman–Crippen LogP) is 0.968. The van der Waals surface area contributed by atoms with Gasteiger partial charge in [-0.25, -0.2) is 4.79 Å². The molecule has 1 aliphatic heterocycles. The summed E-state index contributed by atoms with van der Waals surface area (Å²) >= 11 is 1.92. The number of carboxylic acids is 1. The highest BCUT2D eigenvalue weighted by Gasteiger charge is 2.16. The van der Waals surface area contributed by atoms with E-state index in [-0.39, 0.29) is 5.69 Å². The molecule has 1 atom stereocenters. The van der Waals surface area contributed by atoms with E-state index in [1.165, 1.54) is 11.8 Å². The largest absolute Gasteiger partial charge is 0.476 e. The summed E-state index contributed by atoms with van der Waals surface area (Å²) in [6.07, 6.45) is 1.16. The molecule has 1 aromatic rings. The Balaban J connectivity index is 1.84. The molecule has 1 aliphatic rings. The van der Waals surface area contributed by atoms with Crippen LogP contribution >= 0.6 is 11.8 Å². The standard InChI is InChI=1S/C9H12N2O3S/c12-9(13)8-3-7(14-11-8)4-10-6-1-2-15-5-6/h3,6,10H,1-2,4-5H2,(H,12,13). The molecule has 5 nitrogen and oxygen atoms in total. The highest BCUT2D eigenvalue weighted by atomic mass is 32.2. The fourth-order valence-electron chi connectivity index (χ4n) is 1.44. The topological polar surface area (TPSA) is 75.4 Å². The van der Waals surface area contributed by atoms with Gasteiger partial charge in [-0.15, -0.1) is 0 Å². The summed E-state index contributed by atoms with van der Waals surface area (Å²) in [5.41, 5.74) is -0.0346. The van der Waals surface area contributed by atoms with Crippen LogP contribution in [0.1, 0.15) is 22.7 Å². The van der Waals surface area contributed by atoms with Gasteiger partial charge in [0, 0.05) is 17.9 Å². The second kappa shape index (κ2) is 4.67. The molecule has 2 rings (SSSR count). The van der Waals surface area contributed by atoms with Crippen LogP contribution in [-0.4, -0.2) is 33.8 Å². The predicted molar refractivity (Wildman–Crippen MR) is 56.0 cm³/mol. The van der Waals surface area contributed by atoms with E-state index in [4.69, 9.17) is 9.63 Å². The highest BCUT2D eigenvalue weighted by Crippen LogP contribution is 2.17. The zero-order valence-corrected chi connectivity index (χ0v) is 8.92. The minimum Gasteiger partial charge on any atom is -0.476 e. The maximum atomic E-state index is 10.5. The Labute approximate surface area is 91.2 Å². The van der Waals surface area contributed by atoms with Crippen LogP contribution in [0, 0.1) is 0 Å². The summed E-state index contributed by atoms with van der Waals surface area (Å²) in [5.74, 6) is 1.82. The Morgan fingerprint density at radius 1 is 1.80 bits per heavy atom. The molecule has 1 unspecified atom stereocenters. The molecule has 0 aromatic carbocycles. The molecule has 0 radical (unpaired) electrons. The van der Waals surface area contributed by atoms with Gasteiger partial charge in [0.25, 0.3) is 0 Å². The summed E-state index contributed by atoms with van der Waals surface area (Å²) in [6, 6.07) is 1.96. The van der Waals surface area contributed by atoms with Gasteiger partial charge in [-0.3, -0.25) is 0 Å². The Kier molecular flexibility index (Phi) is 3.27. The minimum absolute atomic E-state index is 0.0346. The molecule has 1 aromatic heterocycles. The van der Waals surface area contributed by atoms with Gasteiger partial charge in [0.2, 0.25) is 0 Å². The zero-order valence-electron chi connectivity index (χ0n) is 8.10. The lowest BCUT2D eigenvalue weighted by atomic mass is 10.2. The number of thioether (sulfide) groups is 1. The number of carboxylic acid groups (broad SMARTS) is 1. The van der Waals surface area contributed by atoms with Crippen molar-refractivity contribution in [1.29, 1.82) is 0 Å². The van der Waals surface area contributed by atoms with Crippen molar-refractivity contribution in [3.8, 4) is 0 Å². The quantitative estimate of drug-likeness (QED) is 0.799. The Morgan fingerprint density at radius 3 is 3.27 bits per heavy atom. The first kappa shape index (κ1) is 10.5. The van der Waals surface area contributed by atoms with Crippen LogP contribution in [0.2, 0.25) is 0 Å². The van der Waals surface area contributed by atoms with E-state index in [2.05, 4.69) is 10.5 Å². The molecule has 2 heterocycles. The van der Waals surface area contributed by atoms with Crippen molar-refractivity contribution < 1.29 is 14.4 Å². The van der Waals surface area contributed by atoms with Crippen molar-refractivity contribution in [2.45, 2.75) is 19.0 Å². The second-order valence-electron chi connectivity index (χ2n) is 3.43. The smallest absolute Gasteiger partial charge is 0.358 e. The molecule has 82 valence electrons. The van der Waals surface area contributed by atoms with Gasteiger partial charge < -0.3 is 14.9 Å². The van der Waals surface area contributed by atoms with E-state index in [0.717, 1.165) is 12.2 Å². The van der Waals surface area contributed by atoms with E-state index in [9.17, 15) is 4.79 Å². The van der Waals surface area contributed by atoms with Crippen LogP contribution in [0.15, 0.2) is 10.6 Å². The van der Waals surface area contributed by atoms with Crippen molar-refractivity contribution in [1.82, 2.24) is 10.5 Å². The minimum atomic E-state index is -1.05. The average Bonchev–Trinajstić information content (AvgIpc) is 2.86. The van der Waals surface area contributed by atoms with Gasteiger partial charge in [0.1, 0.15) is 0 Å². The van der Waals surface area contributed by atoms with E-state index >= 15 is 0 Å². The fourth-order valence-corrected chi connectivity index (χ4v) is 2.62. The van der Waals surface area contributed by atoms with Crippen LogP contribution in [0.3, 0.4) is 0 Å². The number of hydrogen-bond donors (Lipinski definition) is 2. The van der Waals surface area contributed by atoms with Crippen molar-refractivity contribution in [2.75, 3.05) is 11.5 Å². The summed E-state index contributed by atoms with van der Waals surface area (Å²) in [6.45, 7) is 0.547. The summed E-state index contributed by atoms with van der Waals surface area (Å²) < 4.78 is 4.89. The van der Waals surface area contributed by atoms with Gasteiger partial charge in [0.15, 0.2) is 11.5 Å². The lowest BCUT2D eigenvalue weighted by molar-refractivity contribution is 0.0685. The number of carbonyl (C=O) groups is 1. The molecule has 2 N–H and O–H groups in total. The Morgan fingerprint density at radius 2 is 2.67 bits per heavy atom. The van der Waals surface area contributed by atoms with E-state index in [1.807, 2.05) is 11.8 Å². The molecule has 1 saturated heterocycles. The van der Waals surface area contributed by atoms with Crippen molar-refractivity contribution in [3.63, 3.8) is 0 Å². The maximum absolute atomic E-state index is 10.5. The van der Waals surface area contributed by atoms with Gasteiger partial charge in [-0.1, -0.05) is 5.16 Å². The van der Waals surface area contributed by atoms with E-state index in [0.29, 0.717) is 18.3 Å². The monoisotopic (exact) mass is 228 g/mol. The third kappa shape index (κ3) is 2.73. The fraction of sp³-hybridized carbons (Fsp3) is 0.556. The molecule has 0 aliphatic carbocycles. The van der Waals surface area contributed by atoms with Gasteiger partial charge in [-0.2, -0.15) is 11.8 Å². The van der Waals surface area contributed by atoms with Gasteiger partial charge >= 0.3 is 5.97 Å². The van der Waals surface area contributed by atoms with Crippen LogP contribution < -0.4 is 5.32 Å². The highest BCUT2D eigenvalue weighted by molar-refractivity contribution is 7.99. The first-order valence-corrected chi connectivity index (χ1v) is 5.91. The molecule has 15 heavy (non-hydrogen) atoms. The molecule has 6 heteroatoms.